The summed E-state index contributed by atoms with van der Waals surface area (Å²) in [6, 6.07) is 10.3. The first-order valence-electron chi connectivity index (χ1n) is 9.84. The van der Waals surface area contributed by atoms with Crippen LogP contribution in [0.3, 0.4) is 0 Å². The number of benzene rings is 1. The largest absolute Gasteiger partial charge is 0.335 e. The van der Waals surface area contributed by atoms with Crippen molar-refractivity contribution < 1.29 is 9.59 Å². The van der Waals surface area contributed by atoms with Crippen molar-refractivity contribution in [1.29, 1.82) is 0 Å². The van der Waals surface area contributed by atoms with Crippen LogP contribution in [-0.4, -0.2) is 42.1 Å². The maximum Gasteiger partial charge on any atom is 0.317 e. The quantitative estimate of drug-likeness (QED) is 0.774. The van der Waals surface area contributed by atoms with Crippen molar-refractivity contribution in [1.82, 2.24) is 20.9 Å². The van der Waals surface area contributed by atoms with E-state index in [1.807, 2.05) is 35.2 Å². The van der Waals surface area contributed by atoms with Crippen molar-refractivity contribution in [3.05, 3.63) is 35.9 Å². The third kappa shape index (κ3) is 5.64. The summed E-state index contributed by atoms with van der Waals surface area (Å²) < 4.78 is 0. The molecule has 6 nitrogen and oxygen atoms in total. The first-order valence-corrected chi connectivity index (χ1v) is 9.84. The minimum atomic E-state index is -0.140. The van der Waals surface area contributed by atoms with Gasteiger partial charge in [-0.2, -0.15) is 0 Å². The average Bonchev–Trinajstić information content (AvgIpc) is 2.68. The lowest BCUT2D eigenvalue weighted by Gasteiger charge is -2.34. The molecule has 1 heterocycles. The van der Waals surface area contributed by atoms with E-state index in [1.165, 1.54) is 19.3 Å². The van der Waals surface area contributed by atoms with E-state index in [1.54, 1.807) is 0 Å². The highest BCUT2D eigenvalue weighted by Gasteiger charge is 2.25. The van der Waals surface area contributed by atoms with Crippen molar-refractivity contribution in [2.75, 3.05) is 13.1 Å². The summed E-state index contributed by atoms with van der Waals surface area (Å²) in [5.41, 5.74) is 1.08. The summed E-state index contributed by atoms with van der Waals surface area (Å²) in [4.78, 5) is 26.3. The van der Waals surface area contributed by atoms with Crippen LogP contribution in [0.1, 0.15) is 50.5 Å². The molecule has 142 valence electrons. The van der Waals surface area contributed by atoms with Crippen molar-refractivity contribution in [2.24, 2.45) is 0 Å². The Hall–Kier alpha value is -2.24. The van der Waals surface area contributed by atoms with Crippen LogP contribution in [-0.2, 0) is 6.54 Å². The van der Waals surface area contributed by atoms with Gasteiger partial charge in [0.25, 0.3) is 0 Å². The first kappa shape index (κ1) is 18.5. The summed E-state index contributed by atoms with van der Waals surface area (Å²) in [7, 11) is 0. The summed E-state index contributed by atoms with van der Waals surface area (Å²) in [5, 5.41) is 9.08. The second-order valence-corrected chi connectivity index (χ2v) is 7.36. The number of piperidine rings is 1. The van der Waals surface area contributed by atoms with Gasteiger partial charge in [-0.05, 0) is 31.2 Å². The molecule has 0 unspecified atom stereocenters. The van der Waals surface area contributed by atoms with Crippen molar-refractivity contribution >= 4 is 12.1 Å². The SMILES string of the molecule is O=C(NCc1ccccc1)NC1CCN(C(=O)NC2CCCCC2)CC1. The molecule has 0 bridgehead atoms. The molecular formula is C20H30N4O2. The van der Waals surface area contributed by atoms with E-state index in [-0.39, 0.29) is 18.1 Å². The Morgan fingerprint density at radius 3 is 2.23 bits per heavy atom. The van der Waals surface area contributed by atoms with Gasteiger partial charge in [0.15, 0.2) is 0 Å². The lowest BCUT2D eigenvalue weighted by atomic mass is 9.95. The topological polar surface area (TPSA) is 73.5 Å². The molecule has 3 rings (SSSR count). The van der Waals surface area contributed by atoms with Crippen LogP contribution in [0, 0.1) is 0 Å². The number of urea groups is 2. The molecule has 1 saturated carbocycles. The highest BCUT2D eigenvalue weighted by Crippen LogP contribution is 2.18. The Kier molecular flexibility index (Phi) is 6.75. The smallest absolute Gasteiger partial charge is 0.317 e. The van der Waals surface area contributed by atoms with Gasteiger partial charge in [0, 0.05) is 31.7 Å². The van der Waals surface area contributed by atoms with E-state index in [9.17, 15) is 9.59 Å². The molecule has 0 radical (unpaired) electrons. The number of carbonyl (C=O) groups excluding carboxylic acids is 2. The Morgan fingerprint density at radius 1 is 0.885 bits per heavy atom. The number of nitrogens with zero attached hydrogens (tertiary/aromatic N) is 1. The molecule has 1 aliphatic carbocycles. The van der Waals surface area contributed by atoms with Crippen LogP contribution in [0.2, 0.25) is 0 Å². The zero-order valence-electron chi connectivity index (χ0n) is 15.4. The first-order chi connectivity index (χ1) is 12.7. The van der Waals surface area contributed by atoms with Gasteiger partial charge in [-0.1, -0.05) is 49.6 Å². The highest BCUT2D eigenvalue weighted by atomic mass is 16.2. The molecule has 0 atom stereocenters. The third-order valence-electron chi connectivity index (χ3n) is 5.35. The summed E-state index contributed by atoms with van der Waals surface area (Å²) in [6.45, 7) is 1.92. The number of likely N-dealkylation sites (tertiary alicyclic amines) is 1. The fraction of sp³-hybridized carbons (Fsp3) is 0.600. The Bertz CT molecular complexity index is 579. The van der Waals surface area contributed by atoms with E-state index in [0.29, 0.717) is 25.7 Å². The standard InChI is InChI=1S/C20H30N4O2/c25-19(21-15-16-7-3-1-4-8-16)22-18-11-13-24(14-12-18)20(26)23-17-9-5-2-6-10-17/h1,3-4,7-8,17-18H,2,5-6,9-15H2,(H,23,26)(H2,21,22,25). The second kappa shape index (κ2) is 9.46. The number of amides is 4. The molecule has 1 aromatic carbocycles. The fourth-order valence-corrected chi connectivity index (χ4v) is 3.75. The zero-order valence-corrected chi connectivity index (χ0v) is 15.4. The predicted molar refractivity (Wildman–Crippen MR) is 102 cm³/mol. The fourth-order valence-electron chi connectivity index (χ4n) is 3.75. The maximum atomic E-state index is 12.4. The van der Waals surface area contributed by atoms with Crippen LogP contribution >= 0.6 is 0 Å². The van der Waals surface area contributed by atoms with E-state index < -0.39 is 0 Å². The van der Waals surface area contributed by atoms with Crippen LogP contribution < -0.4 is 16.0 Å². The van der Waals surface area contributed by atoms with Gasteiger partial charge in [-0.25, -0.2) is 9.59 Å². The zero-order chi connectivity index (χ0) is 18.2. The lowest BCUT2D eigenvalue weighted by Crippen LogP contribution is -2.52. The number of rotatable bonds is 4. The van der Waals surface area contributed by atoms with E-state index in [0.717, 1.165) is 31.2 Å². The molecule has 0 spiro atoms. The van der Waals surface area contributed by atoms with Crippen molar-refractivity contribution in [2.45, 2.75) is 63.6 Å². The Morgan fingerprint density at radius 2 is 1.54 bits per heavy atom. The van der Waals surface area contributed by atoms with Crippen molar-refractivity contribution in [3.63, 3.8) is 0 Å². The predicted octanol–water partition coefficient (Wildman–Crippen LogP) is 2.99. The molecule has 0 aromatic heterocycles. The van der Waals surface area contributed by atoms with E-state index >= 15 is 0 Å². The normalized spacial score (nSPS) is 19.0. The van der Waals surface area contributed by atoms with Crippen LogP contribution in [0.4, 0.5) is 9.59 Å². The van der Waals surface area contributed by atoms with Gasteiger partial charge in [0.1, 0.15) is 0 Å². The lowest BCUT2D eigenvalue weighted by molar-refractivity contribution is 0.170. The number of carbonyl (C=O) groups is 2. The highest BCUT2D eigenvalue weighted by molar-refractivity contribution is 5.75. The van der Waals surface area contributed by atoms with Crippen LogP contribution in [0.5, 0.6) is 0 Å². The number of hydrogen-bond donors (Lipinski definition) is 3. The Labute approximate surface area is 155 Å². The maximum absolute atomic E-state index is 12.4. The molecule has 1 saturated heterocycles. The molecule has 3 N–H and O–H groups in total. The van der Waals surface area contributed by atoms with E-state index in [4.69, 9.17) is 0 Å². The molecule has 1 aliphatic heterocycles. The second-order valence-electron chi connectivity index (χ2n) is 7.36. The molecule has 2 fully saturated rings. The van der Waals surface area contributed by atoms with Gasteiger partial charge in [0.05, 0.1) is 0 Å². The Balaban J connectivity index is 1.34. The van der Waals surface area contributed by atoms with Crippen molar-refractivity contribution in [3.8, 4) is 0 Å². The van der Waals surface area contributed by atoms with Gasteiger partial charge < -0.3 is 20.9 Å². The minimum absolute atomic E-state index is 0.0591. The van der Waals surface area contributed by atoms with Crippen LogP contribution in [0.25, 0.3) is 0 Å². The van der Waals surface area contributed by atoms with Gasteiger partial charge >= 0.3 is 12.1 Å². The minimum Gasteiger partial charge on any atom is -0.335 e. The molecule has 6 heteroatoms. The number of hydrogen-bond acceptors (Lipinski definition) is 2. The number of nitrogens with one attached hydrogen (secondary N) is 3. The molecule has 2 aliphatic rings. The van der Waals surface area contributed by atoms with Gasteiger partial charge in [0.2, 0.25) is 0 Å². The molecule has 26 heavy (non-hydrogen) atoms. The summed E-state index contributed by atoms with van der Waals surface area (Å²) in [6.07, 6.45) is 7.53. The summed E-state index contributed by atoms with van der Waals surface area (Å²) >= 11 is 0. The monoisotopic (exact) mass is 358 g/mol. The van der Waals surface area contributed by atoms with Crippen LogP contribution in [0.15, 0.2) is 30.3 Å². The third-order valence-corrected chi connectivity index (χ3v) is 5.35. The molecule has 4 amide bonds. The molecule has 1 aromatic rings. The van der Waals surface area contributed by atoms with E-state index in [2.05, 4.69) is 16.0 Å². The summed E-state index contributed by atoms with van der Waals surface area (Å²) in [5.74, 6) is 0. The van der Waals surface area contributed by atoms with Gasteiger partial charge in [-0.3, -0.25) is 0 Å². The van der Waals surface area contributed by atoms with Gasteiger partial charge in [-0.15, -0.1) is 0 Å². The average molecular weight is 358 g/mol. The molecular weight excluding hydrogens is 328 g/mol.